The second-order valence-electron chi connectivity index (χ2n) is 5.37. The maximum Gasteiger partial charge on any atom is 0.244 e. The molecule has 0 saturated heterocycles. The van der Waals surface area contributed by atoms with Crippen LogP contribution in [0, 0.1) is 0 Å². The molecule has 1 unspecified atom stereocenters. The van der Waals surface area contributed by atoms with E-state index >= 15 is 0 Å². The van der Waals surface area contributed by atoms with Crippen molar-refractivity contribution < 1.29 is 4.79 Å². The number of rotatable bonds is 4. The molecule has 1 aliphatic rings. The maximum absolute atomic E-state index is 12.4. The first-order valence-electron chi connectivity index (χ1n) is 7.13. The monoisotopic (exact) mass is 285 g/mol. The lowest BCUT2D eigenvalue weighted by Gasteiger charge is -2.21. The number of nitrogens with two attached hydrogens (primary N) is 1. The highest BCUT2D eigenvalue weighted by Crippen LogP contribution is 2.17. The van der Waals surface area contributed by atoms with Gasteiger partial charge in [0.1, 0.15) is 11.9 Å². The molecule has 1 aliphatic heterocycles. The number of fused-ring (bicyclic) bond motifs is 1. The minimum atomic E-state index is -0.642. The van der Waals surface area contributed by atoms with Crippen molar-refractivity contribution in [1.82, 2.24) is 19.7 Å². The quantitative estimate of drug-likeness (QED) is 0.904. The summed E-state index contributed by atoms with van der Waals surface area (Å²) in [6, 6.07) is 8.76. The van der Waals surface area contributed by atoms with Gasteiger partial charge in [0.2, 0.25) is 5.91 Å². The Morgan fingerprint density at radius 2 is 2.14 bits per heavy atom. The van der Waals surface area contributed by atoms with Crippen LogP contribution < -0.4 is 5.73 Å². The Kier molecular flexibility index (Phi) is 3.70. The van der Waals surface area contributed by atoms with E-state index in [9.17, 15) is 4.79 Å². The second-order valence-corrected chi connectivity index (χ2v) is 5.37. The topological polar surface area (TPSA) is 77.0 Å². The van der Waals surface area contributed by atoms with Crippen LogP contribution in [-0.4, -0.2) is 32.6 Å². The van der Waals surface area contributed by atoms with Crippen LogP contribution in [0.3, 0.4) is 0 Å². The fourth-order valence-electron chi connectivity index (χ4n) is 2.66. The van der Waals surface area contributed by atoms with Gasteiger partial charge in [0, 0.05) is 20.0 Å². The van der Waals surface area contributed by atoms with Crippen LogP contribution in [0.1, 0.15) is 29.7 Å². The molecule has 3 rings (SSSR count). The summed E-state index contributed by atoms with van der Waals surface area (Å²) in [5.74, 6) is 1.73. The fraction of sp³-hybridized carbons (Fsp3) is 0.400. The van der Waals surface area contributed by atoms with Gasteiger partial charge in [-0.1, -0.05) is 30.3 Å². The van der Waals surface area contributed by atoms with Crippen LogP contribution in [0.2, 0.25) is 0 Å². The van der Waals surface area contributed by atoms with Crippen molar-refractivity contribution in [1.29, 1.82) is 0 Å². The van der Waals surface area contributed by atoms with Crippen LogP contribution in [0.25, 0.3) is 0 Å². The molecular weight excluding hydrogens is 266 g/mol. The van der Waals surface area contributed by atoms with E-state index in [0.717, 1.165) is 36.6 Å². The molecule has 1 aromatic carbocycles. The molecule has 2 heterocycles. The zero-order valence-corrected chi connectivity index (χ0v) is 12.1. The molecule has 1 amide bonds. The van der Waals surface area contributed by atoms with Gasteiger partial charge in [-0.05, 0) is 12.0 Å². The van der Waals surface area contributed by atoms with E-state index in [1.54, 1.807) is 11.9 Å². The Hall–Kier alpha value is -2.21. The zero-order chi connectivity index (χ0) is 14.8. The maximum atomic E-state index is 12.4. The van der Waals surface area contributed by atoms with Gasteiger partial charge >= 0.3 is 0 Å². The Morgan fingerprint density at radius 1 is 1.38 bits per heavy atom. The summed E-state index contributed by atoms with van der Waals surface area (Å²) in [6.07, 6.45) is 2.06. The van der Waals surface area contributed by atoms with Crippen molar-refractivity contribution in [2.24, 2.45) is 5.73 Å². The third-order valence-corrected chi connectivity index (χ3v) is 3.87. The molecule has 0 spiro atoms. The molecule has 21 heavy (non-hydrogen) atoms. The molecule has 0 aliphatic carbocycles. The predicted molar refractivity (Wildman–Crippen MR) is 78.2 cm³/mol. The summed E-state index contributed by atoms with van der Waals surface area (Å²) in [7, 11) is 1.75. The highest BCUT2D eigenvalue weighted by Gasteiger charge is 2.23. The van der Waals surface area contributed by atoms with Gasteiger partial charge in [0.15, 0.2) is 5.82 Å². The Balaban J connectivity index is 1.70. The number of hydrogen-bond donors (Lipinski definition) is 1. The number of aromatic nitrogens is 3. The van der Waals surface area contributed by atoms with Gasteiger partial charge in [-0.15, -0.1) is 10.2 Å². The summed E-state index contributed by atoms with van der Waals surface area (Å²) < 4.78 is 2.10. The number of carbonyl (C=O) groups is 1. The van der Waals surface area contributed by atoms with Crippen molar-refractivity contribution in [3.05, 3.63) is 47.5 Å². The number of hydrogen-bond acceptors (Lipinski definition) is 4. The Bertz CT molecular complexity index is 637. The second kappa shape index (κ2) is 5.65. The molecule has 0 saturated carbocycles. The smallest absolute Gasteiger partial charge is 0.244 e. The summed E-state index contributed by atoms with van der Waals surface area (Å²) >= 11 is 0. The molecule has 0 fully saturated rings. The van der Waals surface area contributed by atoms with E-state index in [4.69, 9.17) is 5.73 Å². The third-order valence-electron chi connectivity index (χ3n) is 3.87. The van der Waals surface area contributed by atoms with Crippen LogP contribution in [-0.2, 0) is 24.3 Å². The van der Waals surface area contributed by atoms with E-state index in [0.29, 0.717) is 6.54 Å². The molecule has 1 atom stereocenters. The van der Waals surface area contributed by atoms with Crippen molar-refractivity contribution >= 4 is 5.91 Å². The molecule has 1 aromatic heterocycles. The molecular formula is C15H19N5O. The highest BCUT2D eigenvalue weighted by atomic mass is 16.2. The largest absolute Gasteiger partial charge is 0.337 e. The normalized spacial score (nSPS) is 14.8. The molecule has 2 N–H and O–H groups in total. The number of amides is 1. The number of likely N-dealkylation sites (N-methyl/N-ethyl adjacent to an activating group) is 1. The lowest BCUT2D eigenvalue weighted by molar-refractivity contribution is -0.132. The molecule has 2 aromatic rings. The van der Waals surface area contributed by atoms with E-state index in [2.05, 4.69) is 14.8 Å². The molecule has 110 valence electrons. The predicted octanol–water partition coefficient (Wildman–Crippen LogP) is 0.883. The first-order chi connectivity index (χ1) is 10.2. The number of benzene rings is 1. The lowest BCUT2D eigenvalue weighted by atomic mass is 10.1. The fourth-order valence-corrected chi connectivity index (χ4v) is 2.66. The first-order valence-corrected chi connectivity index (χ1v) is 7.13. The van der Waals surface area contributed by atoms with E-state index in [1.807, 2.05) is 30.3 Å². The standard InChI is InChI=1S/C15H19N5O/c1-19(10-13-18-17-12-8-5-9-20(12)13)15(21)14(16)11-6-3-2-4-7-11/h2-4,6-7,14H,5,8-10,16H2,1H3. The minimum Gasteiger partial charge on any atom is -0.337 e. The summed E-state index contributed by atoms with van der Waals surface area (Å²) in [6.45, 7) is 1.37. The van der Waals surface area contributed by atoms with Crippen LogP contribution in [0.4, 0.5) is 0 Å². The average molecular weight is 285 g/mol. The van der Waals surface area contributed by atoms with E-state index in [-0.39, 0.29) is 5.91 Å². The van der Waals surface area contributed by atoms with Gasteiger partial charge in [0.05, 0.1) is 6.54 Å². The van der Waals surface area contributed by atoms with Crippen LogP contribution in [0.15, 0.2) is 30.3 Å². The van der Waals surface area contributed by atoms with Gasteiger partial charge in [-0.3, -0.25) is 4.79 Å². The first kappa shape index (κ1) is 13.8. The average Bonchev–Trinajstić information content (AvgIpc) is 3.11. The van der Waals surface area contributed by atoms with Crippen molar-refractivity contribution in [3.8, 4) is 0 Å². The van der Waals surface area contributed by atoms with Gasteiger partial charge in [-0.25, -0.2) is 0 Å². The third kappa shape index (κ3) is 2.67. The van der Waals surface area contributed by atoms with Crippen molar-refractivity contribution in [2.45, 2.75) is 32.0 Å². The van der Waals surface area contributed by atoms with Crippen LogP contribution >= 0.6 is 0 Å². The Morgan fingerprint density at radius 3 is 2.90 bits per heavy atom. The van der Waals surface area contributed by atoms with Gasteiger partial charge in [0.25, 0.3) is 0 Å². The summed E-state index contributed by atoms with van der Waals surface area (Å²) in [4.78, 5) is 14.0. The van der Waals surface area contributed by atoms with Gasteiger partial charge < -0.3 is 15.2 Å². The number of carbonyl (C=O) groups excluding carboxylic acids is 1. The molecule has 6 nitrogen and oxygen atoms in total. The lowest BCUT2D eigenvalue weighted by Crippen LogP contribution is -2.36. The van der Waals surface area contributed by atoms with Crippen molar-refractivity contribution in [2.75, 3.05) is 7.05 Å². The highest BCUT2D eigenvalue weighted by molar-refractivity contribution is 5.82. The summed E-state index contributed by atoms with van der Waals surface area (Å²) in [5.41, 5.74) is 6.87. The van der Waals surface area contributed by atoms with E-state index < -0.39 is 6.04 Å². The van der Waals surface area contributed by atoms with Crippen molar-refractivity contribution in [3.63, 3.8) is 0 Å². The zero-order valence-electron chi connectivity index (χ0n) is 12.1. The number of nitrogens with zero attached hydrogens (tertiary/aromatic N) is 4. The van der Waals surface area contributed by atoms with Crippen LogP contribution in [0.5, 0.6) is 0 Å². The SMILES string of the molecule is CN(Cc1nnc2n1CCC2)C(=O)C(N)c1ccccc1. The number of aryl methyl sites for hydroxylation is 1. The van der Waals surface area contributed by atoms with Gasteiger partial charge in [-0.2, -0.15) is 0 Å². The molecule has 0 bridgehead atoms. The molecule has 6 heteroatoms. The molecule has 0 radical (unpaired) electrons. The van der Waals surface area contributed by atoms with E-state index in [1.165, 1.54) is 0 Å². The summed E-state index contributed by atoms with van der Waals surface area (Å²) in [5, 5.41) is 8.33. The Labute approximate surface area is 123 Å². The minimum absolute atomic E-state index is 0.114.